The van der Waals surface area contributed by atoms with Crippen LogP contribution < -0.4 is 5.32 Å². The van der Waals surface area contributed by atoms with E-state index in [4.69, 9.17) is 4.74 Å². The van der Waals surface area contributed by atoms with Crippen molar-refractivity contribution in [1.29, 1.82) is 0 Å². The van der Waals surface area contributed by atoms with Gasteiger partial charge in [-0.15, -0.1) is 0 Å². The van der Waals surface area contributed by atoms with Crippen LogP contribution in [0.3, 0.4) is 0 Å². The van der Waals surface area contributed by atoms with Gasteiger partial charge in [0.2, 0.25) is 11.8 Å². The monoisotopic (exact) mass is 474 g/mol. The zero-order valence-electron chi connectivity index (χ0n) is 20.0. The summed E-state index contributed by atoms with van der Waals surface area (Å²) >= 11 is 0. The van der Waals surface area contributed by atoms with Gasteiger partial charge in [-0.25, -0.2) is 9.78 Å². The molecule has 1 N–H and O–H groups in total. The SMILES string of the molecule is COC(=O)[C@H](Cc1cn(Cc2ccccc2)cn1)NC(=O)[C@@H]1CCC(=O)N1Cc1ccc(C)cc1. The first-order valence-electron chi connectivity index (χ1n) is 11.7. The molecule has 2 heterocycles. The first-order valence-corrected chi connectivity index (χ1v) is 11.7. The summed E-state index contributed by atoms with van der Waals surface area (Å²) in [5, 5.41) is 2.81. The van der Waals surface area contributed by atoms with E-state index in [1.54, 1.807) is 11.2 Å². The maximum atomic E-state index is 13.2. The summed E-state index contributed by atoms with van der Waals surface area (Å²) < 4.78 is 6.87. The molecule has 8 heteroatoms. The average Bonchev–Trinajstić information content (AvgIpc) is 3.46. The molecule has 1 fully saturated rings. The van der Waals surface area contributed by atoms with Crippen LogP contribution in [0.4, 0.5) is 0 Å². The van der Waals surface area contributed by atoms with Crippen LogP contribution in [0.15, 0.2) is 67.1 Å². The van der Waals surface area contributed by atoms with Crippen molar-refractivity contribution in [2.75, 3.05) is 7.11 Å². The number of aryl methyl sites for hydroxylation is 1. The highest BCUT2D eigenvalue weighted by molar-refractivity contribution is 5.93. The molecule has 0 spiro atoms. The van der Waals surface area contributed by atoms with Gasteiger partial charge >= 0.3 is 5.97 Å². The fourth-order valence-corrected chi connectivity index (χ4v) is 4.30. The minimum atomic E-state index is -0.899. The molecule has 1 aliphatic heterocycles. The predicted molar refractivity (Wildman–Crippen MR) is 130 cm³/mol. The van der Waals surface area contributed by atoms with Gasteiger partial charge in [-0.05, 0) is 24.5 Å². The number of likely N-dealkylation sites (tertiary alicyclic amines) is 1. The number of hydrogen-bond acceptors (Lipinski definition) is 5. The Morgan fingerprint density at radius 3 is 2.51 bits per heavy atom. The van der Waals surface area contributed by atoms with E-state index in [1.165, 1.54) is 7.11 Å². The lowest BCUT2D eigenvalue weighted by atomic mass is 10.1. The third kappa shape index (κ3) is 6.15. The summed E-state index contributed by atoms with van der Waals surface area (Å²) in [6.45, 7) is 3.00. The molecule has 0 radical (unpaired) electrons. The van der Waals surface area contributed by atoms with E-state index in [1.807, 2.05) is 72.3 Å². The molecule has 2 atom stereocenters. The van der Waals surface area contributed by atoms with Gasteiger partial charge < -0.3 is 19.5 Å². The Morgan fingerprint density at radius 1 is 1.09 bits per heavy atom. The van der Waals surface area contributed by atoms with E-state index in [0.29, 0.717) is 31.6 Å². The Bertz CT molecular complexity index is 1170. The van der Waals surface area contributed by atoms with Crippen LogP contribution in [-0.2, 0) is 38.6 Å². The van der Waals surface area contributed by atoms with Crippen molar-refractivity contribution in [3.05, 3.63) is 89.5 Å². The number of nitrogens with one attached hydrogen (secondary N) is 1. The number of esters is 1. The molecule has 4 rings (SSSR count). The Hall–Kier alpha value is -3.94. The summed E-state index contributed by atoms with van der Waals surface area (Å²) in [7, 11) is 1.29. The second kappa shape index (κ2) is 11.0. The quantitative estimate of drug-likeness (QED) is 0.481. The van der Waals surface area contributed by atoms with Gasteiger partial charge in [-0.3, -0.25) is 9.59 Å². The molecule has 2 aromatic carbocycles. The summed E-state index contributed by atoms with van der Waals surface area (Å²) in [6, 6.07) is 16.3. The number of rotatable bonds is 9. The molecule has 3 aromatic rings. The fourth-order valence-electron chi connectivity index (χ4n) is 4.30. The van der Waals surface area contributed by atoms with Gasteiger partial charge in [0.15, 0.2) is 0 Å². The molecule has 182 valence electrons. The van der Waals surface area contributed by atoms with Gasteiger partial charge in [0.25, 0.3) is 0 Å². The summed E-state index contributed by atoms with van der Waals surface area (Å²) in [5.41, 5.74) is 3.88. The van der Waals surface area contributed by atoms with E-state index < -0.39 is 18.1 Å². The standard InChI is InChI=1S/C27H30N4O4/c1-19-8-10-21(11-9-19)16-31-24(12-13-25(31)32)26(33)29-23(27(34)35-2)14-22-17-30(18-28-22)15-20-6-4-3-5-7-20/h3-11,17-18,23-24H,12-16H2,1-2H3,(H,29,33)/t23-,24-/m0/s1. The first kappa shape index (κ1) is 24.2. The molecule has 0 saturated carbocycles. The molecule has 1 aliphatic rings. The zero-order valence-corrected chi connectivity index (χ0v) is 20.0. The van der Waals surface area contributed by atoms with Crippen molar-refractivity contribution < 1.29 is 19.1 Å². The number of methoxy groups -OCH3 is 1. The average molecular weight is 475 g/mol. The molecule has 0 aliphatic carbocycles. The van der Waals surface area contributed by atoms with E-state index in [-0.39, 0.29) is 18.2 Å². The Balaban J connectivity index is 1.42. The van der Waals surface area contributed by atoms with Crippen molar-refractivity contribution in [3.8, 4) is 0 Å². The van der Waals surface area contributed by atoms with Gasteiger partial charge in [-0.1, -0.05) is 60.2 Å². The van der Waals surface area contributed by atoms with Crippen LogP contribution in [0, 0.1) is 6.92 Å². The maximum absolute atomic E-state index is 13.2. The molecule has 0 unspecified atom stereocenters. The molecule has 2 amide bonds. The van der Waals surface area contributed by atoms with Crippen molar-refractivity contribution in [1.82, 2.24) is 19.8 Å². The smallest absolute Gasteiger partial charge is 0.328 e. The van der Waals surface area contributed by atoms with Gasteiger partial charge in [0.1, 0.15) is 12.1 Å². The number of nitrogens with zero attached hydrogens (tertiary/aromatic N) is 3. The fraction of sp³-hybridized carbons (Fsp3) is 0.333. The third-order valence-electron chi connectivity index (χ3n) is 6.21. The third-order valence-corrected chi connectivity index (χ3v) is 6.21. The van der Waals surface area contributed by atoms with Crippen molar-refractivity contribution >= 4 is 17.8 Å². The van der Waals surface area contributed by atoms with Crippen LogP contribution in [0.2, 0.25) is 0 Å². The largest absolute Gasteiger partial charge is 0.467 e. The number of carbonyl (C=O) groups is 3. The van der Waals surface area contributed by atoms with E-state index >= 15 is 0 Å². The normalized spacial score (nSPS) is 16.2. The van der Waals surface area contributed by atoms with Gasteiger partial charge in [0.05, 0.1) is 19.1 Å². The Labute approximate surface area is 204 Å². The second-order valence-corrected chi connectivity index (χ2v) is 8.87. The highest BCUT2D eigenvalue weighted by Crippen LogP contribution is 2.22. The van der Waals surface area contributed by atoms with Crippen molar-refractivity contribution in [2.45, 2.75) is 51.4 Å². The molecular formula is C27H30N4O4. The molecule has 8 nitrogen and oxygen atoms in total. The first-order chi connectivity index (χ1) is 16.9. The summed E-state index contributed by atoms with van der Waals surface area (Å²) in [5.74, 6) is -0.979. The lowest BCUT2D eigenvalue weighted by Crippen LogP contribution is -2.51. The molecule has 35 heavy (non-hydrogen) atoms. The highest BCUT2D eigenvalue weighted by atomic mass is 16.5. The van der Waals surface area contributed by atoms with Crippen LogP contribution in [0.25, 0.3) is 0 Å². The number of carbonyl (C=O) groups excluding carboxylic acids is 3. The summed E-state index contributed by atoms with van der Waals surface area (Å²) in [6.07, 6.45) is 4.47. The molecule has 0 bridgehead atoms. The lowest BCUT2D eigenvalue weighted by Gasteiger charge is -2.26. The molecule has 1 saturated heterocycles. The zero-order chi connectivity index (χ0) is 24.8. The number of amides is 2. The highest BCUT2D eigenvalue weighted by Gasteiger charge is 2.37. The summed E-state index contributed by atoms with van der Waals surface area (Å²) in [4.78, 5) is 44.2. The van der Waals surface area contributed by atoms with E-state index in [0.717, 1.165) is 16.7 Å². The topological polar surface area (TPSA) is 93.5 Å². The Morgan fingerprint density at radius 2 is 1.80 bits per heavy atom. The van der Waals surface area contributed by atoms with Crippen LogP contribution in [0.5, 0.6) is 0 Å². The minimum Gasteiger partial charge on any atom is -0.467 e. The maximum Gasteiger partial charge on any atom is 0.328 e. The number of aromatic nitrogens is 2. The molecule has 1 aromatic heterocycles. The van der Waals surface area contributed by atoms with Crippen LogP contribution >= 0.6 is 0 Å². The number of ether oxygens (including phenoxy) is 1. The second-order valence-electron chi connectivity index (χ2n) is 8.87. The van der Waals surface area contributed by atoms with Crippen LogP contribution in [0.1, 0.15) is 35.2 Å². The molecular weight excluding hydrogens is 444 g/mol. The van der Waals surface area contributed by atoms with Crippen molar-refractivity contribution in [3.63, 3.8) is 0 Å². The Kier molecular flexibility index (Phi) is 7.60. The van der Waals surface area contributed by atoms with E-state index in [2.05, 4.69) is 10.3 Å². The predicted octanol–water partition coefficient (Wildman–Crippen LogP) is 2.63. The number of imidazole rings is 1. The number of hydrogen-bond donors (Lipinski definition) is 1. The van der Waals surface area contributed by atoms with Crippen LogP contribution in [-0.4, -0.2) is 51.4 Å². The minimum absolute atomic E-state index is 0.0694. The van der Waals surface area contributed by atoms with E-state index in [9.17, 15) is 14.4 Å². The number of benzene rings is 2. The van der Waals surface area contributed by atoms with Gasteiger partial charge in [-0.2, -0.15) is 0 Å². The lowest BCUT2D eigenvalue weighted by molar-refractivity contribution is -0.146. The van der Waals surface area contributed by atoms with Gasteiger partial charge in [0, 0.05) is 32.1 Å². The van der Waals surface area contributed by atoms with Crippen molar-refractivity contribution in [2.24, 2.45) is 0 Å².